The predicted molar refractivity (Wildman–Crippen MR) is 105 cm³/mol. The summed E-state index contributed by atoms with van der Waals surface area (Å²) in [5.41, 5.74) is 4.52. The molecule has 0 unspecified atom stereocenters. The molecule has 2 heteroatoms. The van der Waals surface area contributed by atoms with Crippen LogP contribution in [0.4, 0.5) is 0 Å². The fourth-order valence-corrected chi connectivity index (χ4v) is 3.17. The Labute approximate surface area is 152 Å². The number of aromatic nitrogens is 1. The highest BCUT2D eigenvalue weighted by Gasteiger charge is 2.15. The summed E-state index contributed by atoms with van der Waals surface area (Å²) in [6, 6.07) is 28.0. The van der Waals surface area contributed by atoms with Crippen LogP contribution in [-0.2, 0) is 6.54 Å². The van der Waals surface area contributed by atoms with Gasteiger partial charge in [0.2, 0.25) is 0 Å². The lowest BCUT2D eigenvalue weighted by atomic mass is 10.1. The third kappa shape index (κ3) is 3.03. The molecule has 124 valence electrons. The van der Waals surface area contributed by atoms with E-state index in [-0.39, 0.29) is 0 Å². The van der Waals surface area contributed by atoms with Crippen LogP contribution in [-0.4, -0.2) is 10.9 Å². The lowest BCUT2D eigenvalue weighted by Gasteiger charge is -2.07. The second-order valence-electron chi connectivity index (χ2n) is 6.08. The summed E-state index contributed by atoms with van der Waals surface area (Å²) >= 11 is 0. The third-order valence-corrected chi connectivity index (χ3v) is 4.41. The Morgan fingerprint density at radius 1 is 0.769 bits per heavy atom. The SMILES string of the molecule is O=Cc1c(C#Cc2ccccc2)c2ccccc2n1Cc1ccccc1. The van der Waals surface area contributed by atoms with Crippen molar-refractivity contribution in [3.63, 3.8) is 0 Å². The largest absolute Gasteiger partial charge is 0.333 e. The van der Waals surface area contributed by atoms with Gasteiger partial charge in [-0.05, 0) is 23.8 Å². The average Bonchev–Trinajstić information content (AvgIpc) is 3.01. The van der Waals surface area contributed by atoms with E-state index in [0.717, 1.165) is 33.9 Å². The first kappa shape index (κ1) is 15.9. The molecule has 3 aromatic carbocycles. The Hall–Kier alpha value is -3.57. The van der Waals surface area contributed by atoms with Crippen LogP contribution in [0.5, 0.6) is 0 Å². The summed E-state index contributed by atoms with van der Waals surface area (Å²) < 4.78 is 2.05. The molecule has 0 N–H and O–H groups in total. The molecule has 0 aliphatic rings. The predicted octanol–water partition coefficient (Wildman–Crippen LogP) is 4.90. The van der Waals surface area contributed by atoms with E-state index in [1.807, 2.05) is 77.4 Å². The standard InChI is InChI=1S/C24H17NO/c26-18-24-22(16-15-19-9-3-1-4-10-19)21-13-7-8-14-23(21)25(24)17-20-11-5-2-6-12-20/h1-14,18H,17H2. The highest BCUT2D eigenvalue weighted by molar-refractivity contribution is 5.96. The van der Waals surface area contributed by atoms with E-state index in [1.54, 1.807) is 0 Å². The molecule has 26 heavy (non-hydrogen) atoms. The van der Waals surface area contributed by atoms with Crippen molar-refractivity contribution in [3.8, 4) is 11.8 Å². The van der Waals surface area contributed by atoms with Gasteiger partial charge in [-0.2, -0.15) is 0 Å². The van der Waals surface area contributed by atoms with Crippen molar-refractivity contribution in [2.24, 2.45) is 0 Å². The minimum atomic E-state index is 0.624. The first-order chi connectivity index (χ1) is 12.9. The van der Waals surface area contributed by atoms with Gasteiger partial charge in [0.15, 0.2) is 6.29 Å². The zero-order valence-corrected chi connectivity index (χ0v) is 14.2. The molecular formula is C24H17NO. The van der Waals surface area contributed by atoms with Gasteiger partial charge in [0.25, 0.3) is 0 Å². The molecule has 0 saturated carbocycles. The van der Waals surface area contributed by atoms with Gasteiger partial charge in [-0.1, -0.05) is 78.6 Å². The smallest absolute Gasteiger partial charge is 0.167 e. The molecule has 0 spiro atoms. The molecule has 0 amide bonds. The topological polar surface area (TPSA) is 22.0 Å². The van der Waals surface area contributed by atoms with Gasteiger partial charge >= 0.3 is 0 Å². The number of hydrogen-bond acceptors (Lipinski definition) is 1. The quantitative estimate of drug-likeness (QED) is 0.385. The highest BCUT2D eigenvalue weighted by Crippen LogP contribution is 2.26. The maximum Gasteiger partial charge on any atom is 0.167 e. The Kier molecular flexibility index (Phi) is 4.37. The molecule has 0 saturated heterocycles. The summed E-state index contributed by atoms with van der Waals surface area (Å²) in [5.74, 6) is 6.41. The number of hydrogen-bond donors (Lipinski definition) is 0. The Morgan fingerprint density at radius 2 is 1.42 bits per heavy atom. The van der Waals surface area contributed by atoms with Crippen LogP contribution in [0.3, 0.4) is 0 Å². The normalized spacial score (nSPS) is 10.3. The summed E-state index contributed by atoms with van der Waals surface area (Å²) in [5, 5.41) is 1.01. The molecule has 0 aliphatic heterocycles. The van der Waals surface area contributed by atoms with Crippen LogP contribution < -0.4 is 0 Å². The molecule has 4 aromatic rings. The molecule has 0 fully saturated rings. The molecule has 0 atom stereocenters. The molecule has 1 heterocycles. The van der Waals surface area contributed by atoms with Gasteiger partial charge in [-0.25, -0.2) is 0 Å². The molecule has 4 rings (SSSR count). The molecular weight excluding hydrogens is 318 g/mol. The molecule has 0 radical (unpaired) electrons. The van der Waals surface area contributed by atoms with E-state index in [0.29, 0.717) is 12.2 Å². The second-order valence-corrected chi connectivity index (χ2v) is 6.08. The Bertz CT molecular complexity index is 1110. The monoisotopic (exact) mass is 335 g/mol. The van der Waals surface area contributed by atoms with Gasteiger partial charge in [-0.15, -0.1) is 0 Å². The first-order valence-electron chi connectivity index (χ1n) is 8.54. The van der Waals surface area contributed by atoms with Crippen molar-refractivity contribution in [1.29, 1.82) is 0 Å². The maximum atomic E-state index is 11.9. The van der Waals surface area contributed by atoms with Crippen LogP contribution in [0, 0.1) is 11.8 Å². The minimum absolute atomic E-state index is 0.624. The van der Waals surface area contributed by atoms with Crippen molar-refractivity contribution in [2.45, 2.75) is 6.54 Å². The highest BCUT2D eigenvalue weighted by atomic mass is 16.1. The number of fused-ring (bicyclic) bond motifs is 1. The van der Waals surface area contributed by atoms with E-state index >= 15 is 0 Å². The van der Waals surface area contributed by atoms with E-state index in [9.17, 15) is 4.79 Å². The van der Waals surface area contributed by atoms with Crippen molar-refractivity contribution < 1.29 is 4.79 Å². The average molecular weight is 335 g/mol. The van der Waals surface area contributed by atoms with E-state index in [4.69, 9.17) is 0 Å². The number of nitrogens with zero attached hydrogens (tertiary/aromatic N) is 1. The zero-order valence-electron chi connectivity index (χ0n) is 14.2. The lowest BCUT2D eigenvalue weighted by molar-refractivity contribution is 0.111. The van der Waals surface area contributed by atoms with Gasteiger partial charge in [-0.3, -0.25) is 4.79 Å². The number of carbonyl (C=O) groups excluding carboxylic acids is 1. The Morgan fingerprint density at radius 3 is 2.15 bits per heavy atom. The van der Waals surface area contributed by atoms with Gasteiger partial charge in [0.05, 0.1) is 16.8 Å². The van der Waals surface area contributed by atoms with E-state index in [2.05, 4.69) is 24.0 Å². The van der Waals surface area contributed by atoms with Crippen LogP contribution in [0.1, 0.15) is 27.2 Å². The number of rotatable bonds is 3. The fraction of sp³-hybridized carbons (Fsp3) is 0.0417. The third-order valence-electron chi connectivity index (χ3n) is 4.41. The Balaban J connectivity index is 1.88. The molecule has 0 bridgehead atoms. The molecule has 0 aliphatic carbocycles. The van der Waals surface area contributed by atoms with Crippen LogP contribution in [0.25, 0.3) is 10.9 Å². The summed E-state index contributed by atoms with van der Waals surface area (Å²) in [4.78, 5) is 11.9. The van der Waals surface area contributed by atoms with Crippen LogP contribution in [0.2, 0.25) is 0 Å². The van der Waals surface area contributed by atoms with Crippen LogP contribution >= 0.6 is 0 Å². The summed E-state index contributed by atoms with van der Waals surface area (Å²) in [6.45, 7) is 0.641. The second kappa shape index (κ2) is 7.13. The minimum Gasteiger partial charge on any atom is -0.333 e. The number of carbonyl (C=O) groups is 1. The summed E-state index contributed by atoms with van der Waals surface area (Å²) in [6.07, 6.45) is 0.915. The molecule has 1 aromatic heterocycles. The number of para-hydroxylation sites is 1. The zero-order chi connectivity index (χ0) is 17.8. The van der Waals surface area contributed by atoms with E-state index in [1.165, 1.54) is 0 Å². The molecule has 2 nitrogen and oxygen atoms in total. The fourth-order valence-electron chi connectivity index (χ4n) is 3.17. The lowest BCUT2D eigenvalue weighted by Crippen LogP contribution is -2.04. The van der Waals surface area contributed by atoms with Gasteiger partial charge < -0.3 is 4.57 Å². The first-order valence-corrected chi connectivity index (χ1v) is 8.54. The van der Waals surface area contributed by atoms with E-state index < -0.39 is 0 Å². The van der Waals surface area contributed by atoms with Gasteiger partial charge in [0.1, 0.15) is 0 Å². The van der Waals surface area contributed by atoms with Crippen molar-refractivity contribution >= 4 is 17.2 Å². The van der Waals surface area contributed by atoms with Crippen molar-refractivity contribution in [2.75, 3.05) is 0 Å². The van der Waals surface area contributed by atoms with Gasteiger partial charge in [0, 0.05) is 17.5 Å². The van der Waals surface area contributed by atoms with Crippen LogP contribution in [0.15, 0.2) is 84.9 Å². The van der Waals surface area contributed by atoms with Crippen molar-refractivity contribution in [1.82, 2.24) is 4.57 Å². The maximum absolute atomic E-state index is 11.9. The number of aldehydes is 1. The van der Waals surface area contributed by atoms with Crippen molar-refractivity contribution in [3.05, 3.63) is 107 Å². The number of benzene rings is 3. The summed E-state index contributed by atoms with van der Waals surface area (Å²) in [7, 11) is 0.